The lowest BCUT2D eigenvalue weighted by Gasteiger charge is -2.35. The quantitative estimate of drug-likeness (QED) is 0.403. The molecule has 2 aliphatic heterocycles. The topological polar surface area (TPSA) is 113 Å². The third-order valence-corrected chi connectivity index (χ3v) is 7.38. The van der Waals surface area contributed by atoms with Gasteiger partial charge in [-0.05, 0) is 50.5 Å². The first-order chi connectivity index (χ1) is 18.8. The number of amides is 1. The van der Waals surface area contributed by atoms with Crippen molar-refractivity contribution < 1.29 is 13.9 Å². The predicted octanol–water partition coefficient (Wildman–Crippen LogP) is 3.97. The Morgan fingerprint density at radius 1 is 1.21 bits per heavy atom. The first-order valence-electron chi connectivity index (χ1n) is 13.0. The molecule has 1 unspecified atom stereocenters. The van der Waals surface area contributed by atoms with E-state index in [2.05, 4.69) is 39.3 Å². The van der Waals surface area contributed by atoms with Crippen molar-refractivity contribution in [3.05, 3.63) is 92.9 Å². The molecular formula is C29H29FN6O3. The normalized spacial score (nSPS) is 18.2. The highest BCUT2D eigenvalue weighted by atomic mass is 19.1. The van der Waals surface area contributed by atoms with E-state index in [1.54, 1.807) is 35.4 Å². The molecule has 4 aromatic rings. The van der Waals surface area contributed by atoms with E-state index in [1.807, 2.05) is 12.1 Å². The van der Waals surface area contributed by atoms with Crippen LogP contribution in [-0.4, -0.2) is 49.2 Å². The van der Waals surface area contributed by atoms with E-state index in [0.29, 0.717) is 42.2 Å². The molecule has 2 aromatic carbocycles. The van der Waals surface area contributed by atoms with E-state index in [4.69, 9.17) is 4.74 Å². The molecule has 0 saturated carbocycles. The Balaban J connectivity index is 1.19. The van der Waals surface area contributed by atoms with Gasteiger partial charge in [0.05, 0.1) is 34.5 Å². The summed E-state index contributed by atoms with van der Waals surface area (Å²) in [7, 11) is 0. The van der Waals surface area contributed by atoms with Gasteiger partial charge in [-0.3, -0.25) is 9.59 Å². The first-order valence-corrected chi connectivity index (χ1v) is 13.0. The number of nitrogens with zero attached hydrogens (tertiary/aromatic N) is 4. The summed E-state index contributed by atoms with van der Waals surface area (Å²) in [6, 6.07) is 11.9. The summed E-state index contributed by atoms with van der Waals surface area (Å²) in [6.45, 7) is 5.41. The Morgan fingerprint density at radius 3 is 2.85 bits per heavy atom. The second kappa shape index (κ2) is 9.85. The number of fused-ring (bicyclic) bond motifs is 2. The van der Waals surface area contributed by atoms with Crippen LogP contribution in [0.4, 0.5) is 10.3 Å². The van der Waals surface area contributed by atoms with Gasteiger partial charge in [0.1, 0.15) is 5.82 Å². The molecule has 1 saturated heterocycles. The van der Waals surface area contributed by atoms with Crippen molar-refractivity contribution in [1.82, 2.24) is 25.1 Å². The van der Waals surface area contributed by atoms with E-state index in [1.165, 1.54) is 6.07 Å². The van der Waals surface area contributed by atoms with Crippen LogP contribution in [-0.2, 0) is 24.2 Å². The van der Waals surface area contributed by atoms with Gasteiger partial charge in [0, 0.05) is 42.8 Å². The van der Waals surface area contributed by atoms with Crippen LogP contribution in [0.1, 0.15) is 59.6 Å². The number of carbonyl (C=O) groups excluding carboxylic acids is 1. The number of nitrogens with one attached hydrogen (secondary N) is 2. The Morgan fingerprint density at radius 2 is 2.03 bits per heavy atom. The SMILES string of the molecule is CC1(C)CC(Nc2ncc3c(n2)CN(C(=O)c2cc(Cc4n[nH]c(=O)c5ccccc45)ccc2F)C3)CCO1. The summed E-state index contributed by atoms with van der Waals surface area (Å²) in [5, 5.41) is 11.4. The standard InChI is InChI=1S/C29H29FN6O3/c1-29(2)13-19(9-10-39-29)32-28-31-14-18-15-36(16-25(18)33-28)27(38)22-11-17(7-8-23(22)30)12-24-20-5-3-4-6-21(20)26(37)35-34-24/h3-8,11,14,19H,9-10,12-13,15-16H2,1-2H3,(H,35,37)(H,31,32,33). The second-order valence-corrected chi connectivity index (χ2v) is 10.8. The largest absolute Gasteiger partial charge is 0.375 e. The van der Waals surface area contributed by atoms with Crippen LogP contribution < -0.4 is 10.9 Å². The molecule has 0 bridgehead atoms. The Bertz CT molecular complexity index is 1640. The van der Waals surface area contributed by atoms with Crippen LogP contribution >= 0.6 is 0 Å². The molecule has 2 aliphatic rings. The third kappa shape index (κ3) is 5.12. The number of ether oxygens (including phenoxy) is 1. The summed E-state index contributed by atoms with van der Waals surface area (Å²) >= 11 is 0. The first kappa shape index (κ1) is 25.1. The van der Waals surface area contributed by atoms with Crippen molar-refractivity contribution in [1.29, 1.82) is 0 Å². The van der Waals surface area contributed by atoms with Crippen LogP contribution in [0.2, 0.25) is 0 Å². The maximum Gasteiger partial charge on any atom is 0.272 e. The van der Waals surface area contributed by atoms with Gasteiger partial charge in [0.2, 0.25) is 5.95 Å². The zero-order valence-electron chi connectivity index (χ0n) is 21.8. The number of benzene rings is 2. The minimum Gasteiger partial charge on any atom is -0.375 e. The number of H-pyrrole nitrogens is 1. The summed E-state index contributed by atoms with van der Waals surface area (Å²) < 4.78 is 20.7. The number of aromatic amines is 1. The molecule has 0 spiro atoms. The van der Waals surface area contributed by atoms with Crippen molar-refractivity contribution in [2.24, 2.45) is 0 Å². The molecule has 200 valence electrons. The molecule has 4 heterocycles. The molecule has 39 heavy (non-hydrogen) atoms. The van der Waals surface area contributed by atoms with Crippen molar-refractivity contribution in [2.45, 2.75) is 57.8 Å². The lowest BCUT2D eigenvalue weighted by Crippen LogP contribution is -2.40. The zero-order valence-corrected chi connectivity index (χ0v) is 21.8. The molecule has 1 fully saturated rings. The monoisotopic (exact) mass is 528 g/mol. The van der Waals surface area contributed by atoms with Crippen LogP contribution in [0.3, 0.4) is 0 Å². The number of carbonyl (C=O) groups is 1. The van der Waals surface area contributed by atoms with Crippen molar-refractivity contribution in [2.75, 3.05) is 11.9 Å². The van der Waals surface area contributed by atoms with Gasteiger partial charge in [-0.25, -0.2) is 19.5 Å². The number of halogens is 1. The predicted molar refractivity (Wildman–Crippen MR) is 144 cm³/mol. The second-order valence-electron chi connectivity index (χ2n) is 10.8. The highest BCUT2D eigenvalue weighted by Gasteiger charge is 2.31. The molecule has 0 aliphatic carbocycles. The molecule has 2 N–H and O–H groups in total. The number of anilines is 1. The highest BCUT2D eigenvalue weighted by Crippen LogP contribution is 2.28. The molecular weight excluding hydrogens is 499 g/mol. The van der Waals surface area contributed by atoms with Crippen molar-refractivity contribution >= 4 is 22.6 Å². The van der Waals surface area contributed by atoms with Crippen molar-refractivity contribution in [3.63, 3.8) is 0 Å². The van der Waals surface area contributed by atoms with Gasteiger partial charge in [0.25, 0.3) is 11.5 Å². The van der Waals surface area contributed by atoms with Crippen LogP contribution in [0.25, 0.3) is 10.8 Å². The molecule has 1 atom stereocenters. The molecule has 10 heteroatoms. The number of rotatable bonds is 5. The van der Waals surface area contributed by atoms with Crippen LogP contribution in [0.5, 0.6) is 0 Å². The summed E-state index contributed by atoms with van der Waals surface area (Å²) in [5.74, 6) is -0.471. The molecule has 2 aromatic heterocycles. The average Bonchev–Trinajstić information content (AvgIpc) is 3.34. The minimum atomic E-state index is -0.588. The van der Waals surface area contributed by atoms with E-state index >= 15 is 0 Å². The van der Waals surface area contributed by atoms with Gasteiger partial charge < -0.3 is 15.0 Å². The molecule has 9 nitrogen and oxygen atoms in total. The van der Waals surface area contributed by atoms with Crippen LogP contribution in [0.15, 0.2) is 53.5 Å². The molecule has 6 rings (SSSR count). The minimum absolute atomic E-state index is 0.00946. The summed E-state index contributed by atoms with van der Waals surface area (Å²) in [5.41, 5.74) is 2.49. The average molecular weight is 529 g/mol. The summed E-state index contributed by atoms with van der Waals surface area (Å²) in [6.07, 6.45) is 3.79. The van der Waals surface area contributed by atoms with E-state index in [-0.39, 0.29) is 29.3 Å². The maximum absolute atomic E-state index is 14.9. The fourth-order valence-electron chi connectivity index (χ4n) is 5.42. The lowest BCUT2D eigenvalue weighted by molar-refractivity contribution is -0.0554. The van der Waals surface area contributed by atoms with Gasteiger partial charge in [-0.1, -0.05) is 24.3 Å². The zero-order chi connectivity index (χ0) is 27.1. The number of hydrogen-bond acceptors (Lipinski definition) is 7. The number of hydrogen-bond donors (Lipinski definition) is 2. The molecule has 1 amide bonds. The lowest BCUT2D eigenvalue weighted by atomic mass is 9.94. The fourth-order valence-corrected chi connectivity index (χ4v) is 5.42. The number of aromatic nitrogens is 4. The third-order valence-electron chi connectivity index (χ3n) is 7.38. The highest BCUT2D eigenvalue weighted by molar-refractivity contribution is 5.95. The Hall–Kier alpha value is -4.18. The maximum atomic E-state index is 14.9. The smallest absolute Gasteiger partial charge is 0.272 e. The van der Waals surface area contributed by atoms with Gasteiger partial charge >= 0.3 is 0 Å². The van der Waals surface area contributed by atoms with E-state index in [9.17, 15) is 14.0 Å². The van der Waals surface area contributed by atoms with E-state index in [0.717, 1.165) is 29.5 Å². The molecule has 0 radical (unpaired) electrons. The Labute approximate surface area is 224 Å². The summed E-state index contributed by atoms with van der Waals surface area (Å²) in [4.78, 5) is 36.2. The fraction of sp³-hybridized carbons (Fsp3) is 0.345. The van der Waals surface area contributed by atoms with Gasteiger partial charge in [-0.15, -0.1) is 0 Å². The van der Waals surface area contributed by atoms with Gasteiger partial charge in [-0.2, -0.15) is 5.10 Å². The Kier molecular flexibility index (Phi) is 6.34. The van der Waals surface area contributed by atoms with Crippen molar-refractivity contribution in [3.8, 4) is 0 Å². The van der Waals surface area contributed by atoms with Gasteiger partial charge in [0.15, 0.2) is 0 Å². The van der Waals surface area contributed by atoms with E-state index < -0.39 is 11.7 Å². The van der Waals surface area contributed by atoms with Crippen LogP contribution in [0, 0.1) is 5.82 Å².